The van der Waals surface area contributed by atoms with E-state index < -0.39 is 0 Å². The molecule has 2 heteroatoms. The van der Waals surface area contributed by atoms with E-state index in [9.17, 15) is 0 Å². The zero-order chi connectivity index (χ0) is 9.36. The molecule has 1 heterocycles. The van der Waals surface area contributed by atoms with Crippen molar-refractivity contribution in [3.63, 3.8) is 0 Å². The molecule has 0 unspecified atom stereocenters. The second kappa shape index (κ2) is 3.10. The van der Waals surface area contributed by atoms with E-state index in [1.807, 2.05) is 0 Å². The van der Waals surface area contributed by atoms with Crippen LogP contribution < -0.4 is 0 Å². The van der Waals surface area contributed by atoms with Gasteiger partial charge >= 0.3 is 0 Å². The third kappa shape index (κ3) is 1.09. The predicted molar refractivity (Wildman–Crippen MR) is 51.4 cm³/mol. The Morgan fingerprint density at radius 3 is 2.85 bits per heavy atom. The van der Waals surface area contributed by atoms with Crippen LogP contribution in [0.4, 0.5) is 0 Å². The van der Waals surface area contributed by atoms with Crippen molar-refractivity contribution in [3.8, 4) is 0 Å². The molecule has 1 aliphatic heterocycles. The molecule has 0 aromatic heterocycles. The van der Waals surface area contributed by atoms with Gasteiger partial charge in [0.25, 0.3) is 0 Å². The van der Waals surface area contributed by atoms with Crippen LogP contribution in [-0.4, -0.2) is 19.5 Å². The van der Waals surface area contributed by atoms with E-state index in [4.69, 9.17) is 9.47 Å². The van der Waals surface area contributed by atoms with E-state index in [0.717, 1.165) is 19.4 Å². The van der Waals surface area contributed by atoms with Crippen LogP contribution in [0.1, 0.15) is 32.6 Å². The van der Waals surface area contributed by atoms with Crippen LogP contribution in [0.5, 0.6) is 0 Å². The van der Waals surface area contributed by atoms with Gasteiger partial charge < -0.3 is 9.47 Å². The van der Waals surface area contributed by atoms with Crippen molar-refractivity contribution in [2.75, 3.05) is 13.7 Å². The molecule has 2 rings (SSSR count). The molecule has 0 N–H and O–H groups in total. The highest BCUT2D eigenvalue weighted by atomic mass is 16.7. The van der Waals surface area contributed by atoms with Crippen LogP contribution in [0.2, 0.25) is 0 Å². The number of rotatable bonds is 2. The van der Waals surface area contributed by atoms with Gasteiger partial charge in [0.15, 0.2) is 5.79 Å². The lowest BCUT2D eigenvalue weighted by Gasteiger charge is -2.35. The number of methoxy groups -OCH3 is 1. The average Bonchev–Trinajstić information content (AvgIpc) is 2.59. The molecule has 0 amide bonds. The van der Waals surface area contributed by atoms with Gasteiger partial charge in [0, 0.05) is 18.9 Å². The van der Waals surface area contributed by atoms with Crippen LogP contribution in [0, 0.1) is 5.41 Å². The van der Waals surface area contributed by atoms with Crippen LogP contribution in [0.15, 0.2) is 12.2 Å². The first kappa shape index (κ1) is 9.22. The molecule has 0 aromatic carbocycles. The van der Waals surface area contributed by atoms with Crippen molar-refractivity contribution in [2.24, 2.45) is 5.41 Å². The molecule has 1 aliphatic carbocycles. The Balaban J connectivity index is 2.33. The molecule has 0 spiro atoms. The first-order chi connectivity index (χ1) is 6.29. The fourth-order valence-corrected chi connectivity index (χ4v) is 2.98. The molecule has 2 nitrogen and oxygen atoms in total. The van der Waals surface area contributed by atoms with Crippen molar-refractivity contribution in [1.82, 2.24) is 0 Å². The maximum absolute atomic E-state index is 5.80. The molecule has 1 saturated carbocycles. The Hall–Kier alpha value is -0.340. The summed E-state index contributed by atoms with van der Waals surface area (Å²) in [4.78, 5) is 0. The summed E-state index contributed by atoms with van der Waals surface area (Å²) in [6, 6.07) is 0. The molecular formula is C11H18O2. The monoisotopic (exact) mass is 182 g/mol. The van der Waals surface area contributed by atoms with Gasteiger partial charge in [-0.3, -0.25) is 0 Å². The molecule has 0 radical (unpaired) electrons. The number of hydrogen-bond acceptors (Lipinski definition) is 2. The van der Waals surface area contributed by atoms with Gasteiger partial charge in [0.05, 0.1) is 6.61 Å². The van der Waals surface area contributed by atoms with Gasteiger partial charge in [-0.15, -0.1) is 0 Å². The Labute approximate surface area is 79.9 Å². The van der Waals surface area contributed by atoms with Crippen LogP contribution in [0.25, 0.3) is 0 Å². The zero-order valence-corrected chi connectivity index (χ0v) is 8.51. The number of fused-ring (bicyclic) bond motifs is 1. The van der Waals surface area contributed by atoms with Crippen LogP contribution >= 0.6 is 0 Å². The third-order valence-electron chi connectivity index (χ3n) is 3.59. The highest BCUT2D eigenvalue weighted by Crippen LogP contribution is 2.56. The Bertz CT molecular complexity index is 210. The van der Waals surface area contributed by atoms with Crippen molar-refractivity contribution >= 4 is 0 Å². The Kier molecular flexibility index (Phi) is 2.20. The standard InChI is InChI=1S/C11H18O2/c1-3-5-10-6-4-7-11(10,12-2)13-9-8-10/h3,5H,4,6-9H2,1-2H3/b5-3+/t10-,11-/m1/s1. The van der Waals surface area contributed by atoms with Crippen LogP contribution in [-0.2, 0) is 9.47 Å². The highest BCUT2D eigenvalue weighted by molar-refractivity contribution is 5.13. The number of allylic oxidation sites excluding steroid dienone is 1. The van der Waals surface area contributed by atoms with E-state index in [1.54, 1.807) is 7.11 Å². The van der Waals surface area contributed by atoms with E-state index in [-0.39, 0.29) is 11.2 Å². The molecule has 2 atom stereocenters. The molecule has 0 bridgehead atoms. The summed E-state index contributed by atoms with van der Waals surface area (Å²) < 4.78 is 11.4. The highest BCUT2D eigenvalue weighted by Gasteiger charge is 2.58. The lowest BCUT2D eigenvalue weighted by molar-refractivity contribution is -0.221. The van der Waals surface area contributed by atoms with Gasteiger partial charge in [-0.2, -0.15) is 0 Å². The zero-order valence-electron chi connectivity index (χ0n) is 8.51. The van der Waals surface area contributed by atoms with Crippen molar-refractivity contribution in [2.45, 2.75) is 38.4 Å². The summed E-state index contributed by atoms with van der Waals surface area (Å²) in [5.41, 5.74) is 0.177. The molecule has 2 aliphatic rings. The van der Waals surface area contributed by atoms with E-state index in [0.29, 0.717) is 0 Å². The van der Waals surface area contributed by atoms with Gasteiger partial charge in [-0.1, -0.05) is 12.2 Å². The van der Waals surface area contributed by atoms with Gasteiger partial charge in [-0.05, 0) is 26.2 Å². The average molecular weight is 182 g/mol. The van der Waals surface area contributed by atoms with E-state index in [2.05, 4.69) is 19.1 Å². The smallest absolute Gasteiger partial charge is 0.177 e. The fourth-order valence-electron chi connectivity index (χ4n) is 2.98. The summed E-state index contributed by atoms with van der Waals surface area (Å²) in [6.45, 7) is 2.92. The maximum Gasteiger partial charge on any atom is 0.177 e. The predicted octanol–water partition coefficient (Wildman–Crippen LogP) is 2.50. The summed E-state index contributed by atoms with van der Waals surface area (Å²) in [7, 11) is 1.77. The largest absolute Gasteiger partial charge is 0.352 e. The minimum atomic E-state index is -0.292. The van der Waals surface area contributed by atoms with Gasteiger partial charge in [0.1, 0.15) is 0 Å². The maximum atomic E-state index is 5.80. The summed E-state index contributed by atoms with van der Waals surface area (Å²) in [5, 5.41) is 0. The SMILES string of the molecule is C/C=C/[C@]12CCC[C@@]1(OC)OCC2. The van der Waals surface area contributed by atoms with E-state index in [1.165, 1.54) is 12.8 Å². The topological polar surface area (TPSA) is 18.5 Å². The number of hydrogen-bond donors (Lipinski definition) is 0. The first-order valence-electron chi connectivity index (χ1n) is 5.12. The fraction of sp³-hybridized carbons (Fsp3) is 0.818. The molecule has 74 valence electrons. The second-order valence-corrected chi connectivity index (χ2v) is 4.07. The minimum Gasteiger partial charge on any atom is -0.352 e. The van der Waals surface area contributed by atoms with Gasteiger partial charge in [-0.25, -0.2) is 0 Å². The van der Waals surface area contributed by atoms with Crippen molar-refractivity contribution in [1.29, 1.82) is 0 Å². The second-order valence-electron chi connectivity index (χ2n) is 4.07. The molecular weight excluding hydrogens is 164 g/mol. The first-order valence-corrected chi connectivity index (χ1v) is 5.12. The summed E-state index contributed by atoms with van der Waals surface area (Å²) >= 11 is 0. The lowest BCUT2D eigenvalue weighted by Crippen LogP contribution is -2.40. The summed E-state index contributed by atoms with van der Waals surface area (Å²) in [6.07, 6.45) is 9.02. The van der Waals surface area contributed by atoms with E-state index >= 15 is 0 Å². The minimum absolute atomic E-state index is 0.177. The normalized spacial score (nSPS) is 44.5. The molecule has 13 heavy (non-hydrogen) atoms. The third-order valence-corrected chi connectivity index (χ3v) is 3.59. The van der Waals surface area contributed by atoms with Crippen molar-refractivity contribution in [3.05, 3.63) is 12.2 Å². The quantitative estimate of drug-likeness (QED) is 0.611. The Morgan fingerprint density at radius 1 is 1.31 bits per heavy atom. The van der Waals surface area contributed by atoms with Crippen LogP contribution in [0.3, 0.4) is 0 Å². The molecule has 0 aromatic rings. The Morgan fingerprint density at radius 2 is 2.15 bits per heavy atom. The number of ether oxygens (including phenoxy) is 2. The molecule has 2 fully saturated rings. The van der Waals surface area contributed by atoms with Crippen molar-refractivity contribution < 1.29 is 9.47 Å². The molecule has 1 saturated heterocycles. The summed E-state index contributed by atoms with van der Waals surface area (Å²) in [5.74, 6) is -0.292. The van der Waals surface area contributed by atoms with Gasteiger partial charge in [0.2, 0.25) is 0 Å². The lowest BCUT2D eigenvalue weighted by atomic mass is 9.80.